The number of hydrogen-bond donors (Lipinski definition) is 1. The van der Waals surface area contributed by atoms with Gasteiger partial charge in [-0.2, -0.15) is 0 Å². The minimum Gasteiger partial charge on any atom is -0.490 e. The highest BCUT2D eigenvalue weighted by atomic mass is 16.5. The van der Waals surface area contributed by atoms with E-state index in [0.29, 0.717) is 6.10 Å². The molecule has 0 aromatic heterocycles. The molecule has 0 radical (unpaired) electrons. The summed E-state index contributed by atoms with van der Waals surface area (Å²) < 4.78 is 5.83. The molecular formula is C15H20O2. The highest BCUT2D eigenvalue weighted by Crippen LogP contribution is 2.42. The molecule has 0 heterocycles. The average Bonchev–Trinajstić information content (AvgIpc) is 3.04. The smallest absolute Gasteiger partial charge is 0.120 e. The Bertz CT molecular complexity index is 411. The van der Waals surface area contributed by atoms with E-state index in [0.717, 1.165) is 25.0 Å². The summed E-state index contributed by atoms with van der Waals surface area (Å²) in [7, 11) is 0. The van der Waals surface area contributed by atoms with Crippen molar-refractivity contribution in [1.82, 2.24) is 0 Å². The monoisotopic (exact) mass is 232 g/mol. The lowest BCUT2D eigenvalue weighted by atomic mass is 9.81. The Hall–Kier alpha value is -1.02. The van der Waals surface area contributed by atoms with Crippen LogP contribution in [0, 0.1) is 0 Å². The predicted octanol–water partition coefficient (Wildman–Crippen LogP) is 3.03. The summed E-state index contributed by atoms with van der Waals surface area (Å²) in [5.74, 6) is 0.993. The lowest BCUT2D eigenvalue weighted by Gasteiger charge is -2.24. The summed E-state index contributed by atoms with van der Waals surface area (Å²) in [5, 5.41) is 9.72. The predicted molar refractivity (Wildman–Crippen MR) is 67.3 cm³/mol. The molecule has 2 fully saturated rings. The van der Waals surface area contributed by atoms with Crippen molar-refractivity contribution in [2.45, 2.75) is 56.7 Å². The molecule has 0 amide bonds. The van der Waals surface area contributed by atoms with Gasteiger partial charge in [0.15, 0.2) is 0 Å². The third-order valence-electron chi connectivity index (χ3n) is 4.07. The van der Waals surface area contributed by atoms with Crippen molar-refractivity contribution in [3.8, 4) is 5.75 Å². The van der Waals surface area contributed by atoms with Crippen molar-refractivity contribution in [3.63, 3.8) is 0 Å². The number of aliphatic hydroxyl groups is 1. The van der Waals surface area contributed by atoms with Crippen LogP contribution in [0.1, 0.15) is 44.6 Å². The molecule has 2 aliphatic rings. The van der Waals surface area contributed by atoms with E-state index >= 15 is 0 Å². The van der Waals surface area contributed by atoms with Crippen LogP contribution < -0.4 is 4.74 Å². The van der Waals surface area contributed by atoms with Crippen molar-refractivity contribution in [2.75, 3.05) is 0 Å². The summed E-state index contributed by atoms with van der Waals surface area (Å²) in [6, 6.07) is 8.44. The van der Waals surface area contributed by atoms with E-state index in [1.807, 2.05) is 6.07 Å². The van der Waals surface area contributed by atoms with Crippen molar-refractivity contribution < 1.29 is 9.84 Å². The fourth-order valence-electron chi connectivity index (χ4n) is 2.79. The molecule has 2 aliphatic carbocycles. The maximum Gasteiger partial charge on any atom is 0.120 e. The van der Waals surface area contributed by atoms with Gasteiger partial charge in [0, 0.05) is 0 Å². The second-order valence-electron chi connectivity index (χ2n) is 5.80. The van der Waals surface area contributed by atoms with E-state index in [2.05, 4.69) is 25.1 Å². The molecule has 1 aromatic carbocycles. The zero-order valence-electron chi connectivity index (χ0n) is 10.4. The van der Waals surface area contributed by atoms with E-state index in [4.69, 9.17) is 4.74 Å². The van der Waals surface area contributed by atoms with Gasteiger partial charge in [-0.15, -0.1) is 0 Å². The van der Waals surface area contributed by atoms with Gasteiger partial charge in [0.25, 0.3) is 0 Å². The van der Waals surface area contributed by atoms with Crippen LogP contribution in [-0.4, -0.2) is 17.3 Å². The maximum absolute atomic E-state index is 9.72. The Labute approximate surface area is 103 Å². The van der Waals surface area contributed by atoms with Gasteiger partial charge in [-0.25, -0.2) is 0 Å². The second-order valence-corrected chi connectivity index (χ2v) is 5.80. The van der Waals surface area contributed by atoms with Gasteiger partial charge in [0.2, 0.25) is 0 Å². The molecule has 1 N–H and O–H groups in total. The first-order chi connectivity index (χ1) is 8.16. The first kappa shape index (κ1) is 11.1. The van der Waals surface area contributed by atoms with Gasteiger partial charge in [0.1, 0.15) is 5.75 Å². The van der Waals surface area contributed by atoms with Crippen LogP contribution >= 0.6 is 0 Å². The Morgan fingerprint density at radius 1 is 1.29 bits per heavy atom. The Balaban J connectivity index is 1.81. The standard InChI is InChI=1S/C15H20O2/c1-15(8-7-12(16)10-15)11-3-2-4-14(9-11)17-13-5-6-13/h2-4,9,12-13,16H,5-8,10H2,1H3. The first-order valence-electron chi connectivity index (χ1n) is 6.61. The summed E-state index contributed by atoms with van der Waals surface area (Å²) in [5.41, 5.74) is 1.44. The van der Waals surface area contributed by atoms with Crippen LogP contribution in [-0.2, 0) is 5.41 Å². The second kappa shape index (κ2) is 4.02. The number of rotatable bonds is 3. The molecule has 2 nitrogen and oxygen atoms in total. The highest BCUT2D eigenvalue weighted by molar-refractivity contribution is 5.34. The third kappa shape index (κ3) is 2.32. The quantitative estimate of drug-likeness (QED) is 0.868. The molecule has 0 bridgehead atoms. The molecule has 2 saturated carbocycles. The molecule has 1 aromatic rings. The van der Waals surface area contributed by atoms with Gasteiger partial charge in [-0.05, 0) is 55.2 Å². The third-order valence-corrected chi connectivity index (χ3v) is 4.07. The van der Waals surface area contributed by atoms with Crippen molar-refractivity contribution in [3.05, 3.63) is 29.8 Å². The van der Waals surface area contributed by atoms with Crippen LogP contribution in [0.3, 0.4) is 0 Å². The van der Waals surface area contributed by atoms with Crippen molar-refractivity contribution in [1.29, 1.82) is 0 Å². The van der Waals surface area contributed by atoms with E-state index in [1.165, 1.54) is 18.4 Å². The molecular weight excluding hydrogens is 212 g/mol. The molecule has 0 aliphatic heterocycles. The molecule has 2 unspecified atom stereocenters. The largest absolute Gasteiger partial charge is 0.490 e. The molecule has 0 spiro atoms. The van der Waals surface area contributed by atoms with Crippen molar-refractivity contribution >= 4 is 0 Å². The normalized spacial score (nSPS) is 32.7. The van der Waals surface area contributed by atoms with Gasteiger partial charge in [-0.1, -0.05) is 19.1 Å². The van der Waals surface area contributed by atoms with E-state index in [9.17, 15) is 5.11 Å². The summed E-state index contributed by atoms with van der Waals surface area (Å²) >= 11 is 0. The average molecular weight is 232 g/mol. The minimum absolute atomic E-state index is 0.127. The summed E-state index contributed by atoms with van der Waals surface area (Å²) in [6.45, 7) is 2.25. The fourth-order valence-corrected chi connectivity index (χ4v) is 2.79. The van der Waals surface area contributed by atoms with Crippen molar-refractivity contribution in [2.24, 2.45) is 0 Å². The SMILES string of the molecule is CC1(c2cccc(OC3CC3)c2)CCC(O)C1. The fraction of sp³-hybridized carbons (Fsp3) is 0.600. The Kier molecular flexibility index (Phi) is 2.62. The van der Waals surface area contributed by atoms with E-state index in [1.54, 1.807) is 0 Å². The number of aliphatic hydroxyl groups excluding tert-OH is 1. The number of ether oxygens (including phenoxy) is 1. The van der Waals surface area contributed by atoms with Gasteiger partial charge in [-0.3, -0.25) is 0 Å². The molecule has 17 heavy (non-hydrogen) atoms. The van der Waals surface area contributed by atoms with Crippen LogP contribution in [0.5, 0.6) is 5.75 Å². The molecule has 2 heteroatoms. The van der Waals surface area contributed by atoms with Crippen LogP contribution in [0.15, 0.2) is 24.3 Å². The number of hydrogen-bond acceptors (Lipinski definition) is 2. The molecule has 92 valence electrons. The zero-order chi connectivity index (χ0) is 11.9. The lowest BCUT2D eigenvalue weighted by Crippen LogP contribution is -2.18. The first-order valence-corrected chi connectivity index (χ1v) is 6.61. The topological polar surface area (TPSA) is 29.5 Å². The number of benzene rings is 1. The summed E-state index contributed by atoms with van der Waals surface area (Å²) in [6.07, 6.45) is 5.58. The van der Waals surface area contributed by atoms with Crippen LogP contribution in [0.2, 0.25) is 0 Å². The van der Waals surface area contributed by atoms with Gasteiger partial charge >= 0.3 is 0 Å². The molecule has 0 saturated heterocycles. The Morgan fingerprint density at radius 2 is 2.12 bits per heavy atom. The maximum atomic E-state index is 9.72. The van der Waals surface area contributed by atoms with Crippen LogP contribution in [0.4, 0.5) is 0 Å². The van der Waals surface area contributed by atoms with Crippen LogP contribution in [0.25, 0.3) is 0 Å². The van der Waals surface area contributed by atoms with E-state index < -0.39 is 0 Å². The Morgan fingerprint density at radius 3 is 2.76 bits per heavy atom. The zero-order valence-corrected chi connectivity index (χ0v) is 10.4. The highest BCUT2D eigenvalue weighted by Gasteiger charge is 2.36. The molecule has 2 atom stereocenters. The molecule has 3 rings (SSSR count). The minimum atomic E-state index is -0.131. The van der Waals surface area contributed by atoms with Gasteiger partial charge in [0.05, 0.1) is 12.2 Å². The lowest BCUT2D eigenvalue weighted by molar-refractivity contribution is 0.175. The summed E-state index contributed by atoms with van der Waals surface area (Å²) in [4.78, 5) is 0. The van der Waals surface area contributed by atoms with Gasteiger partial charge < -0.3 is 9.84 Å². The van der Waals surface area contributed by atoms with E-state index in [-0.39, 0.29) is 11.5 Å².